The second-order valence-corrected chi connectivity index (χ2v) is 8.11. The Morgan fingerprint density at radius 3 is 2.65 bits per heavy atom. The summed E-state index contributed by atoms with van der Waals surface area (Å²) in [5.41, 5.74) is 1.97. The van der Waals surface area contributed by atoms with E-state index in [9.17, 15) is 14.1 Å². The summed E-state index contributed by atoms with van der Waals surface area (Å²) >= 11 is 6.20. The molecule has 0 aromatic heterocycles. The fourth-order valence-corrected chi connectivity index (χ4v) is 4.78. The van der Waals surface area contributed by atoms with E-state index in [1.165, 1.54) is 31.8 Å². The van der Waals surface area contributed by atoms with Crippen LogP contribution in [-0.2, 0) is 4.79 Å². The number of aliphatic imine (C=N–C) groups is 1. The first-order chi connectivity index (χ1) is 12.6. The average Bonchev–Trinajstić information content (AvgIpc) is 3.23. The van der Waals surface area contributed by atoms with Crippen molar-refractivity contribution >= 4 is 23.1 Å². The monoisotopic (exact) mass is 377 g/mol. The van der Waals surface area contributed by atoms with Gasteiger partial charge >= 0.3 is 0 Å². The molecule has 0 bridgehead atoms. The molecule has 0 N–H and O–H groups in total. The standard InChI is InChI=1S/C20H23ClFN2O2/c21-15-10-16(22)14(9-17(15)23-11-12-5-1-2-6-12)19-20(25)13-7-3-4-8-18(13)24(19)26/h10,12,19H,1-9,11H2/q+1. The largest absolute Gasteiger partial charge is 0.294 e. The number of hydrogen-bond acceptors (Lipinski definition) is 3. The number of allylic oxidation sites excluding steroid dienone is 4. The summed E-state index contributed by atoms with van der Waals surface area (Å²) in [5, 5.41) is 0.282. The molecule has 4 rings (SSSR count). The van der Waals surface area contributed by atoms with Crippen molar-refractivity contribution in [3.63, 3.8) is 0 Å². The van der Waals surface area contributed by atoms with Gasteiger partial charge in [0.05, 0.1) is 21.9 Å². The lowest BCUT2D eigenvalue weighted by Crippen LogP contribution is -2.31. The summed E-state index contributed by atoms with van der Waals surface area (Å²) in [7, 11) is 0. The van der Waals surface area contributed by atoms with Gasteiger partial charge in [0.25, 0.3) is 6.04 Å². The van der Waals surface area contributed by atoms with Crippen molar-refractivity contribution in [3.05, 3.63) is 38.7 Å². The summed E-state index contributed by atoms with van der Waals surface area (Å²) in [6, 6.07) is -1.07. The number of hydrogen-bond donors (Lipinski definition) is 0. The van der Waals surface area contributed by atoms with Gasteiger partial charge in [-0.1, -0.05) is 24.4 Å². The first-order valence-electron chi connectivity index (χ1n) is 9.58. The topological polar surface area (TPSA) is 49.5 Å². The zero-order valence-electron chi connectivity index (χ0n) is 14.8. The third-order valence-corrected chi connectivity index (χ3v) is 6.35. The third-order valence-electron chi connectivity index (χ3n) is 6.02. The van der Waals surface area contributed by atoms with Gasteiger partial charge in [0, 0.05) is 29.1 Å². The van der Waals surface area contributed by atoms with Crippen molar-refractivity contribution < 1.29 is 13.9 Å². The van der Waals surface area contributed by atoms with Crippen molar-refractivity contribution in [2.75, 3.05) is 6.54 Å². The van der Waals surface area contributed by atoms with E-state index in [1.807, 2.05) is 0 Å². The van der Waals surface area contributed by atoms with Crippen molar-refractivity contribution in [1.82, 2.24) is 0 Å². The molecule has 0 aromatic rings. The molecule has 0 amide bonds. The van der Waals surface area contributed by atoms with E-state index in [0.717, 1.165) is 17.6 Å². The average molecular weight is 378 g/mol. The number of ketones is 1. The minimum absolute atomic E-state index is 0.142. The van der Waals surface area contributed by atoms with Crippen LogP contribution in [0.25, 0.3) is 0 Å². The van der Waals surface area contributed by atoms with Crippen LogP contribution in [0, 0.1) is 10.8 Å². The summed E-state index contributed by atoms with van der Waals surface area (Å²) < 4.78 is 15.4. The van der Waals surface area contributed by atoms with Crippen molar-refractivity contribution in [3.8, 4) is 0 Å². The molecule has 1 aliphatic heterocycles. The second-order valence-electron chi connectivity index (χ2n) is 7.71. The van der Waals surface area contributed by atoms with Crippen LogP contribution in [0.2, 0.25) is 0 Å². The molecular formula is C20H23ClFN2O2+. The zero-order chi connectivity index (χ0) is 18.3. The van der Waals surface area contributed by atoms with Crippen LogP contribution in [-0.4, -0.2) is 28.8 Å². The molecule has 0 aromatic carbocycles. The molecule has 3 aliphatic carbocycles. The molecule has 1 saturated carbocycles. The maximum Gasteiger partial charge on any atom is 0.294 e. The number of nitroso groups, excluding NO2 is 1. The molecule has 1 unspecified atom stereocenters. The SMILES string of the molecule is O=C1C2=C(CCCC2)[N+](=O)C1C1=C(F)C=C(Cl)C(=NCC2CCCC2)C1. The molecule has 26 heavy (non-hydrogen) atoms. The number of nitrogens with zero attached hydrogens (tertiary/aromatic N) is 2. The quantitative estimate of drug-likeness (QED) is 0.655. The van der Waals surface area contributed by atoms with Crippen LogP contribution in [0.1, 0.15) is 57.8 Å². The van der Waals surface area contributed by atoms with E-state index in [0.29, 0.717) is 42.3 Å². The van der Waals surface area contributed by atoms with E-state index in [-0.39, 0.29) is 22.8 Å². The lowest BCUT2D eigenvalue weighted by molar-refractivity contribution is -0.512. The van der Waals surface area contributed by atoms with Crippen molar-refractivity contribution in [2.45, 2.75) is 63.8 Å². The molecule has 6 heteroatoms. The Morgan fingerprint density at radius 1 is 1.19 bits per heavy atom. The summed E-state index contributed by atoms with van der Waals surface area (Å²) in [4.78, 5) is 30.1. The van der Waals surface area contributed by atoms with Gasteiger partial charge in [-0.05, 0) is 44.1 Å². The van der Waals surface area contributed by atoms with Gasteiger partial charge in [-0.15, -0.1) is 0 Å². The van der Waals surface area contributed by atoms with Gasteiger partial charge in [-0.3, -0.25) is 9.79 Å². The Kier molecular flexibility index (Phi) is 4.91. The molecule has 0 radical (unpaired) electrons. The van der Waals surface area contributed by atoms with E-state index in [2.05, 4.69) is 4.99 Å². The van der Waals surface area contributed by atoms with E-state index >= 15 is 0 Å². The molecule has 4 nitrogen and oxygen atoms in total. The van der Waals surface area contributed by atoms with Crippen molar-refractivity contribution in [2.24, 2.45) is 10.9 Å². The molecule has 0 saturated heterocycles. The van der Waals surface area contributed by atoms with Crippen molar-refractivity contribution in [1.29, 1.82) is 0 Å². The van der Waals surface area contributed by atoms with Gasteiger partial charge in [0.15, 0.2) is 0 Å². The van der Waals surface area contributed by atoms with Gasteiger partial charge in [-0.25, -0.2) is 4.39 Å². The molecular weight excluding hydrogens is 355 g/mol. The Balaban J connectivity index is 1.58. The van der Waals surface area contributed by atoms with Crippen LogP contribution in [0.3, 0.4) is 0 Å². The first-order valence-corrected chi connectivity index (χ1v) is 9.96. The first kappa shape index (κ1) is 17.8. The van der Waals surface area contributed by atoms with Gasteiger partial charge in [-0.2, -0.15) is 0 Å². The predicted octanol–water partition coefficient (Wildman–Crippen LogP) is 4.93. The lowest BCUT2D eigenvalue weighted by Gasteiger charge is -2.16. The number of rotatable bonds is 3. The Bertz CT molecular complexity index is 760. The van der Waals surface area contributed by atoms with Crippen LogP contribution >= 0.6 is 11.6 Å². The molecule has 1 fully saturated rings. The second kappa shape index (κ2) is 7.18. The third kappa shape index (κ3) is 3.11. The highest BCUT2D eigenvalue weighted by atomic mass is 35.5. The minimum Gasteiger partial charge on any atom is -0.288 e. The normalized spacial score (nSPS) is 29.1. The van der Waals surface area contributed by atoms with Gasteiger partial charge in [0.2, 0.25) is 11.5 Å². The Morgan fingerprint density at radius 2 is 1.92 bits per heavy atom. The number of carbonyl (C=O) groups excluding carboxylic acids is 1. The molecule has 138 valence electrons. The Labute approximate surface area is 157 Å². The van der Waals surface area contributed by atoms with Gasteiger partial charge in [0.1, 0.15) is 5.83 Å². The van der Waals surface area contributed by atoms with Crippen LogP contribution in [0.4, 0.5) is 4.39 Å². The minimum atomic E-state index is -1.07. The summed E-state index contributed by atoms with van der Waals surface area (Å²) in [6.45, 7) is 0.683. The van der Waals surface area contributed by atoms with Crippen LogP contribution in [0.5, 0.6) is 0 Å². The van der Waals surface area contributed by atoms with Crippen LogP contribution < -0.4 is 0 Å². The van der Waals surface area contributed by atoms with E-state index in [4.69, 9.17) is 11.6 Å². The fraction of sp³-hybridized carbons (Fsp3) is 0.600. The number of carbonyl (C=O) groups is 1. The summed E-state index contributed by atoms with van der Waals surface area (Å²) in [5.74, 6) is -0.237. The molecule has 0 spiro atoms. The zero-order valence-corrected chi connectivity index (χ0v) is 15.5. The highest BCUT2D eigenvalue weighted by Gasteiger charge is 2.52. The Hall–Kier alpha value is -1.62. The predicted molar refractivity (Wildman–Crippen MR) is 98.9 cm³/mol. The van der Waals surface area contributed by atoms with E-state index < -0.39 is 11.9 Å². The van der Waals surface area contributed by atoms with Crippen LogP contribution in [0.15, 0.2) is 38.8 Å². The molecule has 1 heterocycles. The molecule has 1 atom stereocenters. The lowest BCUT2D eigenvalue weighted by atomic mass is 9.90. The summed E-state index contributed by atoms with van der Waals surface area (Å²) in [6.07, 6.45) is 9.20. The highest BCUT2D eigenvalue weighted by molar-refractivity contribution is 6.44. The fourth-order valence-electron chi connectivity index (χ4n) is 4.55. The number of halogens is 2. The maximum absolute atomic E-state index is 14.6. The smallest absolute Gasteiger partial charge is 0.288 e. The molecule has 4 aliphatic rings. The van der Waals surface area contributed by atoms with Gasteiger partial charge < -0.3 is 0 Å². The number of Topliss-reactive ketones (excluding diaryl/α,β-unsaturated/α-hetero) is 1. The van der Waals surface area contributed by atoms with E-state index in [1.54, 1.807) is 0 Å². The highest BCUT2D eigenvalue weighted by Crippen LogP contribution is 2.39. The maximum atomic E-state index is 14.6.